The van der Waals surface area contributed by atoms with Crippen molar-refractivity contribution in [3.8, 4) is 17.3 Å². The Labute approximate surface area is 109 Å². The zero-order valence-corrected chi connectivity index (χ0v) is 10.0. The standard InChI is InChI=1S/C14H11N3O2/c15-8-7-14(19)16-11-4-1-3-10(9-11)12-5-2-6-13(18)17-12/h1-6,9H,7H2,(H,16,19)(H,17,18). The molecule has 2 aromatic rings. The molecule has 0 atom stereocenters. The molecule has 1 amide bonds. The minimum atomic E-state index is -0.360. The van der Waals surface area contributed by atoms with Crippen molar-refractivity contribution >= 4 is 11.6 Å². The molecule has 2 N–H and O–H groups in total. The third-order valence-electron chi connectivity index (χ3n) is 2.47. The second-order valence-corrected chi connectivity index (χ2v) is 3.89. The van der Waals surface area contributed by atoms with Crippen LogP contribution in [0.3, 0.4) is 0 Å². The molecule has 0 spiro atoms. The highest BCUT2D eigenvalue weighted by Gasteiger charge is 2.03. The van der Waals surface area contributed by atoms with E-state index in [4.69, 9.17) is 5.26 Å². The van der Waals surface area contributed by atoms with Crippen LogP contribution in [0.2, 0.25) is 0 Å². The number of hydrogen-bond acceptors (Lipinski definition) is 3. The highest BCUT2D eigenvalue weighted by Crippen LogP contribution is 2.19. The van der Waals surface area contributed by atoms with Crippen molar-refractivity contribution < 1.29 is 4.79 Å². The molecule has 2 rings (SSSR count). The second-order valence-electron chi connectivity index (χ2n) is 3.89. The third kappa shape index (κ3) is 3.30. The molecule has 1 aromatic carbocycles. The van der Waals surface area contributed by atoms with Gasteiger partial charge in [0.05, 0.1) is 6.07 Å². The van der Waals surface area contributed by atoms with Crippen LogP contribution in [-0.4, -0.2) is 10.9 Å². The topological polar surface area (TPSA) is 85.8 Å². The summed E-state index contributed by atoms with van der Waals surface area (Å²) in [6.07, 6.45) is -0.188. The van der Waals surface area contributed by atoms with Gasteiger partial charge in [-0.1, -0.05) is 18.2 Å². The fourth-order valence-corrected chi connectivity index (χ4v) is 1.66. The highest BCUT2D eigenvalue weighted by molar-refractivity contribution is 5.92. The van der Waals surface area contributed by atoms with Gasteiger partial charge < -0.3 is 10.3 Å². The Balaban J connectivity index is 2.27. The first-order valence-corrected chi connectivity index (χ1v) is 5.65. The molecule has 0 radical (unpaired) electrons. The van der Waals surface area contributed by atoms with Crippen LogP contribution in [0.25, 0.3) is 11.3 Å². The average Bonchev–Trinajstić information content (AvgIpc) is 2.39. The number of nitrogens with one attached hydrogen (secondary N) is 2. The van der Waals surface area contributed by atoms with E-state index in [0.717, 1.165) is 5.56 Å². The van der Waals surface area contributed by atoms with E-state index in [1.807, 2.05) is 6.07 Å². The van der Waals surface area contributed by atoms with Gasteiger partial charge in [0.1, 0.15) is 6.42 Å². The number of hydrogen-bond donors (Lipinski definition) is 2. The van der Waals surface area contributed by atoms with Crippen LogP contribution < -0.4 is 10.9 Å². The Bertz CT molecular complexity index is 698. The fourth-order valence-electron chi connectivity index (χ4n) is 1.66. The molecule has 0 aliphatic carbocycles. The molecule has 1 aromatic heterocycles. The molecular weight excluding hydrogens is 242 g/mol. The third-order valence-corrected chi connectivity index (χ3v) is 2.47. The zero-order chi connectivity index (χ0) is 13.7. The minimum Gasteiger partial charge on any atom is -0.325 e. The number of benzene rings is 1. The summed E-state index contributed by atoms with van der Waals surface area (Å²) in [6, 6.07) is 13.7. The zero-order valence-electron chi connectivity index (χ0n) is 10.0. The van der Waals surface area contributed by atoms with Gasteiger partial charge in [-0.15, -0.1) is 0 Å². The number of carbonyl (C=O) groups excluding carboxylic acids is 1. The van der Waals surface area contributed by atoms with Crippen molar-refractivity contribution in [3.63, 3.8) is 0 Å². The van der Waals surface area contributed by atoms with Gasteiger partial charge in [0, 0.05) is 23.0 Å². The maximum Gasteiger partial charge on any atom is 0.248 e. The number of aromatic nitrogens is 1. The lowest BCUT2D eigenvalue weighted by atomic mass is 10.1. The van der Waals surface area contributed by atoms with Gasteiger partial charge in [0.15, 0.2) is 0 Å². The highest BCUT2D eigenvalue weighted by atomic mass is 16.1. The van der Waals surface area contributed by atoms with Gasteiger partial charge in [-0.3, -0.25) is 9.59 Å². The number of nitrogens with zero attached hydrogens (tertiary/aromatic N) is 1. The number of rotatable bonds is 3. The van der Waals surface area contributed by atoms with Crippen molar-refractivity contribution in [2.75, 3.05) is 5.32 Å². The Hall–Kier alpha value is -2.87. The van der Waals surface area contributed by atoms with Crippen molar-refractivity contribution in [1.29, 1.82) is 5.26 Å². The number of aromatic amines is 1. The predicted octanol–water partition coefficient (Wildman–Crippen LogP) is 1.89. The minimum absolute atomic E-state index is 0.184. The van der Waals surface area contributed by atoms with E-state index < -0.39 is 0 Å². The Morgan fingerprint density at radius 3 is 2.79 bits per heavy atom. The fraction of sp³-hybridized carbons (Fsp3) is 0.0714. The predicted molar refractivity (Wildman–Crippen MR) is 71.4 cm³/mol. The summed E-state index contributed by atoms with van der Waals surface area (Å²) in [4.78, 5) is 25.3. The summed E-state index contributed by atoms with van der Waals surface area (Å²) in [7, 11) is 0. The van der Waals surface area contributed by atoms with Crippen molar-refractivity contribution in [2.45, 2.75) is 6.42 Å². The Morgan fingerprint density at radius 2 is 2.05 bits per heavy atom. The van der Waals surface area contributed by atoms with Gasteiger partial charge in [0.2, 0.25) is 11.5 Å². The van der Waals surface area contributed by atoms with Crippen LogP contribution in [0.5, 0.6) is 0 Å². The molecule has 0 aliphatic heterocycles. The maximum atomic E-state index is 11.3. The normalized spacial score (nSPS) is 9.63. The second kappa shape index (κ2) is 5.65. The number of H-pyrrole nitrogens is 1. The van der Waals surface area contributed by atoms with E-state index in [-0.39, 0.29) is 17.9 Å². The quantitative estimate of drug-likeness (QED) is 0.875. The van der Waals surface area contributed by atoms with Crippen LogP contribution in [0.15, 0.2) is 47.3 Å². The van der Waals surface area contributed by atoms with Crippen LogP contribution in [0.4, 0.5) is 5.69 Å². The van der Waals surface area contributed by atoms with E-state index in [1.165, 1.54) is 6.07 Å². The first-order chi connectivity index (χ1) is 9.19. The summed E-state index contributed by atoms with van der Waals surface area (Å²) in [5.41, 5.74) is 1.86. The molecule has 0 saturated carbocycles. The lowest BCUT2D eigenvalue weighted by Gasteiger charge is -2.06. The molecule has 0 fully saturated rings. The van der Waals surface area contributed by atoms with Gasteiger partial charge in [-0.2, -0.15) is 5.26 Å². The SMILES string of the molecule is N#CCC(=O)Nc1cccc(-c2cccc(=O)[nH]2)c1. The number of carbonyl (C=O) groups is 1. The summed E-state index contributed by atoms with van der Waals surface area (Å²) in [5.74, 6) is -0.360. The van der Waals surface area contributed by atoms with E-state index in [9.17, 15) is 9.59 Å². The summed E-state index contributed by atoms with van der Waals surface area (Å²) < 4.78 is 0. The summed E-state index contributed by atoms with van der Waals surface area (Å²) in [6.45, 7) is 0. The molecule has 94 valence electrons. The molecule has 0 bridgehead atoms. The first kappa shape index (κ1) is 12.6. The van der Waals surface area contributed by atoms with E-state index in [1.54, 1.807) is 36.4 Å². The van der Waals surface area contributed by atoms with Crippen molar-refractivity contribution in [3.05, 3.63) is 52.8 Å². The molecule has 0 unspecified atom stereocenters. The van der Waals surface area contributed by atoms with Crippen molar-refractivity contribution in [1.82, 2.24) is 4.98 Å². The first-order valence-electron chi connectivity index (χ1n) is 5.65. The molecule has 0 aliphatic rings. The number of amides is 1. The van der Waals surface area contributed by atoms with Crippen molar-refractivity contribution in [2.24, 2.45) is 0 Å². The summed E-state index contributed by atoms with van der Waals surface area (Å²) >= 11 is 0. The van der Waals surface area contributed by atoms with E-state index in [0.29, 0.717) is 11.4 Å². The van der Waals surface area contributed by atoms with Crippen LogP contribution in [0, 0.1) is 11.3 Å². The van der Waals surface area contributed by atoms with Gasteiger partial charge in [-0.05, 0) is 18.2 Å². The molecule has 1 heterocycles. The van der Waals surface area contributed by atoms with Gasteiger partial charge in [0.25, 0.3) is 0 Å². The Kier molecular flexibility index (Phi) is 3.74. The lowest BCUT2D eigenvalue weighted by molar-refractivity contribution is -0.115. The van der Waals surface area contributed by atoms with Gasteiger partial charge >= 0.3 is 0 Å². The molecular formula is C14H11N3O2. The van der Waals surface area contributed by atoms with Crippen LogP contribution in [0.1, 0.15) is 6.42 Å². The lowest BCUT2D eigenvalue weighted by Crippen LogP contribution is -2.10. The molecule has 0 saturated heterocycles. The monoisotopic (exact) mass is 253 g/mol. The number of nitriles is 1. The van der Waals surface area contributed by atoms with Crippen LogP contribution in [-0.2, 0) is 4.79 Å². The maximum absolute atomic E-state index is 11.3. The van der Waals surface area contributed by atoms with E-state index >= 15 is 0 Å². The number of anilines is 1. The average molecular weight is 253 g/mol. The molecule has 5 heteroatoms. The van der Waals surface area contributed by atoms with E-state index in [2.05, 4.69) is 10.3 Å². The molecule has 19 heavy (non-hydrogen) atoms. The summed E-state index contributed by atoms with van der Waals surface area (Å²) in [5, 5.41) is 11.0. The molecule has 5 nitrogen and oxygen atoms in total. The Morgan fingerprint density at radius 1 is 1.26 bits per heavy atom. The number of pyridine rings is 1. The van der Waals surface area contributed by atoms with Crippen LogP contribution >= 0.6 is 0 Å². The smallest absolute Gasteiger partial charge is 0.248 e. The largest absolute Gasteiger partial charge is 0.325 e. The van der Waals surface area contributed by atoms with Gasteiger partial charge in [-0.25, -0.2) is 0 Å².